The van der Waals surface area contributed by atoms with Crippen LogP contribution in [0.3, 0.4) is 0 Å². The number of halogens is 1. The van der Waals surface area contributed by atoms with E-state index in [-0.39, 0.29) is 5.71 Å². The van der Waals surface area contributed by atoms with Crippen LogP contribution in [0.15, 0.2) is 27.4 Å². The second-order valence-electron chi connectivity index (χ2n) is 4.06. The topological polar surface area (TPSA) is 58.9 Å². The van der Waals surface area contributed by atoms with E-state index in [0.717, 1.165) is 5.57 Å². The van der Waals surface area contributed by atoms with Gasteiger partial charge in [-0.2, -0.15) is 0 Å². The maximum absolute atomic E-state index is 11.1. The van der Waals surface area contributed by atoms with Gasteiger partial charge in [-0.1, -0.05) is 16.3 Å². The third kappa shape index (κ3) is 3.09. The zero-order chi connectivity index (χ0) is 13.0. The molecule has 5 heteroatoms. The number of nitrogens with zero attached hydrogens (tertiary/aromatic N) is 1. The molecule has 0 saturated carbocycles. The average molecular weight is 258 g/mol. The first-order chi connectivity index (χ1) is 8.01. The number of hydrogen-bond acceptors (Lipinski definition) is 3. The van der Waals surface area contributed by atoms with Crippen LogP contribution in [0.2, 0.25) is 0 Å². The zero-order valence-electron chi connectivity index (χ0n) is 10.2. The number of rotatable bonds is 4. The highest BCUT2D eigenvalue weighted by molar-refractivity contribution is 6.42. The van der Waals surface area contributed by atoms with Crippen LogP contribution in [0.1, 0.15) is 26.7 Å². The zero-order valence-corrected chi connectivity index (χ0v) is 11.0. The third-order valence-electron chi connectivity index (χ3n) is 2.91. The molecular weight excluding hydrogens is 242 g/mol. The predicted molar refractivity (Wildman–Crippen MR) is 67.4 cm³/mol. The van der Waals surface area contributed by atoms with Gasteiger partial charge in [0.1, 0.15) is 7.11 Å². The maximum Gasteiger partial charge on any atom is 0.358 e. The standard InChI is InChI=1S/C12H16ClNO3/c1-7-4-9(6-13)10(5-8(7)2)11(12(15)16)14-17-3/h4-6H2,1-3H3,(H,15,16). The molecule has 4 nitrogen and oxygen atoms in total. The summed E-state index contributed by atoms with van der Waals surface area (Å²) in [5.41, 5.74) is 3.95. The van der Waals surface area contributed by atoms with Crippen molar-refractivity contribution in [2.45, 2.75) is 26.7 Å². The van der Waals surface area contributed by atoms with Gasteiger partial charge in [0.25, 0.3) is 0 Å². The van der Waals surface area contributed by atoms with Gasteiger partial charge in [0.2, 0.25) is 0 Å². The molecule has 17 heavy (non-hydrogen) atoms. The molecule has 0 fully saturated rings. The lowest BCUT2D eigenvalue weighted by Crippen LogP contribution is -2.21. The van der Waals surface area contributed by atoms with E-state index in [9.17, 15) is 4.79 Å². The van der Waals surface area contributed by atoms with Gasteiger partial charge < -0.3 is 9.94 Å². The lowest BCUT2D eigenvalue weighted by Gasteiger charge is -2.21. The van der Waals surface area contributed by atoms with Crippen LogP contribution in [0.4, 0.5) is 0 Å². The van der Waals surface area contributed by atoms with E-state index in [2.05, 4.69) is 9.99 Å². The van der Waals surface area contributed by atoms with Crippen LogP contribution in [-0.2, 0) is 9.63 Å². The minimum absolute atomic E-state index is 0.0463. The van der Waals surface area contributed by atoms with Crippen molar-refractivity contribution in [3.8, 4) is 0 Å². The summed E-state index contributed by atoms with van der Waals surface area (Å²) < 4.78 is 0. The first-order valence-corrected chi connectivity index (χ1v) is 5.81. The van der Waals surface area contributed by atoms with E-state index >= 15 is 0 Å². The molecule has 0 aromatic heterocycles. The van der Waals surface area contributed by atoms with E-state index < -0.39 is 5.97 Å². The largest absolute Gasteiger partial charge is 0.476 e. The van der Waals surface area contributed by atoms with Gasteiger partial charge >= 0.3 is 5.97 Å². The summed E-state index contributed by atoms with van der Waals surface area (Å²) in [6.45, 7) is 4.03. The molecule has 0 amide bonds. The maximum atomic E-state index is 11.1. The molecule has 0 unspecified atom stereocenters. The molecule has 0 aromatic rings. The SMILES string of the molecule is CON=C(C(=O)O)C1=C(CCl)CC(C)=C(C)C1. The van der Waals surface area contributed by atoms with E-state index in [1.54, 1.807) is 0 Å². The Labute approximate surface area is 106 Å². The molecule has 94 valence electrons. The lowest BCUT2D eigenvalue weighted by atomic mass is 9.86. The summed E-state index contributed by atoms with van der Waals surface area (Å²) in [7, 11) is 1.33. The first-order valence-electron chi connectivity index (χ1n) is 5.28. The van der Waals surface area contributed by atoms with Gasteiger partial charge in [0.15, 0.2) is 5.71 Å². The fourth-order valence-corrected chi connectivity index (χ4v) is 2.07. The number of carbonyl (C=O) groups is 1. The number of carboxylic acids is 1. The van der Waals surface area contributed by atoms with Crippen LogP contribution < -0.4 is 0 Å². The van der Waals surface area contributed by atoms with Gasteiger partial charge in [-0.15, -0.1) is 11.6 Å². The molecule has 1 rings (SSSR count). The van der Waals surface area contributed by atoms with Crippen molar-refractivity contribution < 1.29 is 14.7 Å². The van der Waals surface area contributed by atoms with E-state index in [1.807, 2.05) is 13.8 Å². The average Bonchev–Trinajstić information content (AvgIpc) is 2.29. The fraction of sp³-hybridized carbons (Fsp3) is 0.500. The molecule has 0 radical (unpaired) electrons. The second-order valence-corrected chi connectivity index (χ2v) is 4.32. The molecule has 0 saturated heterocycles. The fourth-order valence-electron chi connectivity index (χ4n) is 1.81. The smallest absolute Gasteiger partial charge is 0.358 e. The molecule has 1 aliphatic rings. The Morgan fingerprint density at radius 3 is 2.47 bits per heavy atom. The highest BCUT2D eigenvalue weighted by atomic mass is 35.5. The first kappa shape index (κ1) is 13.8. The van der Waals surface area contributed by atoms with Crippen molar-refractivity contribution in [3.05, 3.63) is 22.3 Å². The Morgan fingerprint density at radius 1 is 1.41 bits per heavy atom. The Bertz CT molecular complexity index is 421. The normalized spacial score (nSPS) is 17.5. The summed E-state index contributed by atoms with van der Waals surface area (Å²) in [4.78, 5) is 15.7. The van der Waals surface area contributed by atoms with Crippen molar-refractivity contribution in [3.63, 3.8) is 0 Å². The Morgan fingerprint density at radius 2 is 2.00 bits per heavy atom. The molecule has 1 aliphatic carbocycles. The molecular formula is C12H16ClNO3. The minimum atomic E-state index is -1.09. The van der Waals surface area contributed by atoms with E-state index in [1.165, 1.54) is 18.3 Å². The lowest BCUT2D eigenvalue weighted by molar-refractivity contribution is -0.129. The summed E-state index contributed by atoms with van der Waals surface area (Å²) in [6.07, 6.45) is 1.28. The summed E-state index contributed by atoms with van der Waals surface area (Å²) in [5.74, 6) is -0.771. The Kier molecular flexibility index (Phi) is 4.75. The summed E-state index contributed by atoms with van der Waals surface area (Å²) in [5, 5.41) is 12.7. The number of allylic oxidation sites excluding steroid dienone is 3. The molecule has 0 atom stereocenters. The van der Waals surface area contributed by atoms with Gasteiger partial charge in [0.05, 0.1) is 0 Å². The van der Waals surface area contributed by atoms with Crippen molar-refractivity contribution in [1.82, 2.24) is 0 Å². The molecule has 0 aliphatic heterocycles. The Balaban J connectivity index is 3.17. The van der Waals surface area contributed by atoms with Crippen LogP contribution in [0.5, 0.6) is 0 Å². The predicted octanol–water partition coefficient (Wildman–Crippen LogP) is 2.74. The molecule has 1 N–H and O–H groups in total. The number of alkyl halides is 1. The van der Waals surface area contributed by atoms with Gasteiger partial charge in [-0.3, -0.25) is 0 Å². The molecule has 0 aromatic carbocycles. The van der Waals surface area contributed by atoms with E-state index in [4.69, 9.17) is 16.7 Å². The number of aliphatic carboxylic acids is 1. The quantitative estimate of drug-likeness (QED) is 0.365. The van der Waals surface area contributed by atoms with Gasteiger partial charge in [-0.25, -0.2) is 4.79 Å². The molecule has 0 bridgehead atoms. The highest BCUT2D eigenvalue weighted by Gasteiger charge is 2.24. The van der Waals surface area contributed by atoms with Crippen LogP contribution in [0.25, 0.3) is 0 Å². The van der Waals surface area contributed by atoms with Gasteiger partial charge in [0, 0.05) is 5.88 Å². The van der Waals surface area contributed by atoms with Crippen LogP contribution in [0, 0.1) is 0 Å². The van der Waals surface area contributed by atoms with Crippen LogP contribution in [-0.4, -0.2) is 29.8 Å². The van der Waals surface area contributed by atoms with Crippen LogP contribution >= 0.6 is 11.6 Å². The van der Waals surface area contributed by atoms with Gasteiger partial charge in [-0.05, 0) is 37.8 Å². The van der Waals surface area contributed by atoms with Crippen molar-refractivity contribution in [2.75, 3.05) is 13.0 Å². The monoisotopic (exact) mass is 257 g/mol. The summed E-state index contributed by atoms with van der Waals surface area (Å²) >= 11 is 5.87. The number of carboxylic acid groups (broad SMARTS) is 1. The third-order valence-corrected chi connectivity index (χ3v) is 3.23. The van der Waals surface area contributed by atoms with Crippen molar-refractivity contribution in [2.24, 2.45) is 5.16 Å². The van der Waals surface area contributed by atoms with Crippen molar-refractivity contribution in [1.29, 1.82) is 0 Å². The van der Waals surface area contributed by atoms with E-state index in [0.29, 0.717) is 24.3 Å². The molecule has 0 heterocycles. The Hall–Kier alpha value is -1.29. The second kappa shape index (κ2) is 5.87. The molecule has 0 spiro atoms. The number of hydrogen-bond donors (Lipinski definition) is 1. The summed E-state index contributed by atoms with van der Waals surface area (Å²) in [6, 6.07) is 0. The van der Waals surface area contributed by atoms with Crippen molar-refractivity contribution >= 4 is 23.3 Å². The minimum Gasteiger partial charge on any atom is -0.476 e. The highest BCUT2D eigenvalue weighted by Crippen LogP contribution is 2.31. The number of oxime groups is 1.